The molecule has 0 amide bonds. The minimum absolute atomic E-state index is 0.0651. The van der Waals surface area contributed by atoms with E-state index in [1.54, 1.807) is 0 Å². The van der Waals surface area contributed by atoms with Gasteiger partial charge in [-0.15, -0.1) is 0 Å². The van der Waals surface area contributed by atoms with Crippen LogP contribution in [0.4, 0.5) is 19.1 Å². The zero-order valence-electron chi connectivity index (χ0n) is 8.72. The van der Waals surface area contributed by atoms with E-state index in [0.29, 0.717) is 5.03 Å². The van der Waals surface area contributed by atoms with E-state index < -0.39 is 17.8 Å². The Morgan fingerprint density at radius 2 is 1.89 bits per heavy atom. The molecule has 0 aliphatic rings. The van der Waals surface area contributed by atoms with Crippen molar-refractivity contribution in [3.05, 3.63) is 30.4 Å². The molecule has 0 aromatic carbocycles. The molecular formula is C9H6F3N5S. The minimum Gasteiger partial charge on any atom is -0.368 e. The summed E-state index contributed by atoms with van der Waals surface area (Å²) in [6.07, 6.45) is -0.262. The van der Waals surface area contributed by atoms with Gasteiger partial charge in [0.1, 0.15) is 10.1 Å². The summed E-state index contributed by atoms with van der Waals surface area (Å²) < 4.78 is 37.5. The quantitative estimate of drug-likeness (QED) is 0.843. The van der Waals surface area contributed by atoms with E-state index in [9.17, 15) is 13.2 Å². The summed E-state index contributed by atoms with van der Waals surface area (Å²) in [6.45, 7) is 0. The number of nitrogen functional groups attached to an aromatic ring is 1. The van der Waals surface area contributed by atoms with Crippen molar-refractivity contribution in [1.82, 2.24) is 19.9 Å². The second-order valence-corrected chi connectivity index (χ2v) is 4.13. The van der Waals surface area contributed by atoms with Crippen molar-refractivity contribution in [2.45, 2.75) is 16.2 Å². The molecule has 2 heterocycles. The molecular weight excluding hydrogens is 267 g/mol. The van der Waals surface area contributed by atoms with Crippen molar-refractivity contribution < 1.29 is 13.2 Å². The van der Waals surface area contributed by atoms with Crippen LogP contribution in [0.25, 0.3) is 0 Å². The van der Waals surface area contributed by atoms with Gasteiger partial charge in [-0.2, -0.15) is 13.2 Å². The first kappa shape index (κ1) is 12.6. The van der Waals surface area contributed by atoms with Gasteiger partial charge in [-0.25, -0.2) is 15.0 Å². The van der Waals surface area contributed by atoms with Crippen LogP contribution < -0.4 is 5.73 Å². The van der Waals surface area contributed by atoms with Crippen molar-refractivity contribution in [3.8, 4) is 0 Å². The van der Waals surface area contributed by atoms with Gasteiger partial charge in [-0.3, -0.25) is 4.98 Å². The maximum atomic E-state index is 12.5. The molecule has 2 aromatic rings. The van der Waals surface area contributed by atoms with Gasteiger partial charge in [0.25, 0.3) is 0 Å². The second-order valence-electron chi connectivity index (χ2n) is 3.09. The van der Waals surface area contributed by atoms with E-state index in [1.807, 2.05) is 0 Å². The molecule has 0 saturated heterocycles. The zero-order chi connectivity index (χ0) is 13.2. The maximum Gasteiger partial charge on any atom is 0.433 e. The predicted octanol–water partition coefficient (Wildman–Crippen LogP) is 2.02. The van der Waals surface area contributed by atoms with E-state index in [4.69, 9.17) is 5.73 Å². The summed E-state index contributed by atoms with van der Waals surface area (Å²) in [5.41, 5.74) is 4.16. The number of hydrogen-bond donors (Lipinski definition) is 1. The summed E-state index contributed by atoms with van der Waals surface area (Å²) in [6, 6.07) is 0.815. The molecule has 0 radical (unpaired) electrons. The van der Waals surface area contributed by atoms with Crippen molar-refractivity contribution in [2.24, 2.45) is 0 Å². The third kappa shape index (κ3) is 3.06. The Kier molecular flexibility index (Phi) is 3.32. The van der Waals surface area contributed by atoms with Gasteiger partial charge in [0, 0.05) is 18.5 Å². The average Bonchev–Trinajstić information content (AvgIpc) is 2.28. The first-order chi connectivity index (χ1) is 8.45. The molecule has 0 aliphatic heterocycles. The van der Waals surface area contributed by atoms with Crippen LogP contribution in [0.2, 0.25) is 0 Å². The van der Waals surface area contributed by atoms with E-state index in [1.165, 1.54) is 18.6 Å². The van der Waals surface area contributed by atoms with Crippen molar-refractivity contribution in [1.29, 1.82) is 0 Å². The van der Waals surface area contributed by atoms with Gasteiger partial charge in [0.05, 0.1) is 6.20 Å². The molecule has 0 aliphatic carbocycles. The van der Waals surface area contributed by atoms with Crippen LogP contribution in [0.3, 0.4) is 0 Å². The Bertz CT molecular complexity index is 546. The highest BCUT2D eigenvalue weighted by Gasteiger charge is 2.33. The molecule has 9 heteroatoms. The number of halogens is 3. The molecule has 0 saturated carbocycles. The second kappa shape index (κ2) is 4.77. The van der Waals surface area contributed by atoms with Gasteiger partial charge in [0.2, 0.25) is 5.95 Å². The molecule has 0 fully saturated rings. The lowest BCUT2D eigenvalue weighted by molar-refractivity contribution is -0.141. The number of hydrogen-bond acceptors (Lipinski definition) is 6. The Morgan fingerprint density at radius 3 is 2.50 bits per heavy atom. The lowest BCUT2D eigenvalue weighted by Gasteiger charge is -2.07. The molecule has 0 atom stereocenters. The molecule has 0 bridgehead atoms. The minimum atomic E-state index is -4.56. The molecule has 2 N–H and O–H groups in total. The number of rotatable bonds is 2. The highest BCUT2D eigenvalue weighted by molar-refractivity contribution is 7.99. The smallest absolute Gasteiger partial charge is 0.368 e. The predicted molar refractivity (Wildman–Crippen MR) is 57.6 cm³/mol. The molecule has 94 valence electrons. The van der Waals surface area contributed by atoms with Gasteiger partial charge in [-0.05, 0) is 11.8 Å². The number of nitrogens with two attached hydrogens (primary N) is 1. The molecule has 2 aromatic heterocycles. The summed E-state index contributed by atoms with van der Waals surface area (Å²) in [4.78, 5) is 14.6. The van der Waals surface area contributed by atoms with Crippen molar-refractivity contribution in [2.75, 3.05) is 5.73 Å². The van der Waals surface area contributed by atoms with Crippen LogP contribution in [0.5, 0.6) is 0 Å². The maximum absolute atomic E-state index is 12.5. The SMILES string of the molecule is Nc1nc(Sc2cnccn2)cc(C(F)(F)F)n1. The summed E-state index contributed by atoms with van der Waals surface area (Å²) in [5.74, 6) is -0.434. The fourth-order valence-corrected chi connectivity index (χ4v) is 1.84. The Morgan fingerprint density at radius 1 is 1.11 bits per heavy atom. The molecule has 18 heavy (non-hydrogen) atoms. The number of aromatic nitrogens is 4. The van der Waals surface area contributed by atoms with Crippen LogP contribution in [0, 0.1) is 0 Å². The number of alkyl halides is 3. The van der Waals surface area contributed by atoms with Gasteiger partial charge >= 0.3 is 6.18 Å². The first-order valence-electron chi connectivity index (χ1n) is 4.61. The van der Waals surface area contributed by atoms with E-state index in [0.717, 1.165) is 17.8 Å². The largest absolute Gasteiger partial charge is 0.433 e. The Hall–Kier alpha value is -1.90. The summed E-state index contributed by atoms with van der Waals surface area (Å²) >= 11 is 0.927. The van der Waals surface area contributed by atoms with Gasteiger partial charge in [0.15, 0.2) is 5.69 Å². The monoisotopic (exact) mass is 273 g/mol. The molecule has 0 spiro atoms. The Labute approximate surface area is 104 Å². The first-order valence-corrected chi connectivity index (χ1v) is 5.42. The Balaban J connectivity index is 2.32. The summed E-state index contributed by atoms with van der Waals surface area (Å²) in [7, 11) is 0. The third-order valence-corrected chi connectivity index (χ3v) is 2.60. The fourth-order valence-electron chi connectivity index (χ4n) is 1.09. The number of nitrogens with zero attached hydrogens (tertiary/aromatic N) is 4. The van der Waals surface area contributed by atoms with Crippen LogP contribution >= 0.6 is 11.8 Å². The fraction of sp³-hybridized carbons (Fsp3) is 0.111. The highest BCUT2D eigenvalue weighted by Crippen LogP contribution is 2.31. The van der Waals surface area contributed by atoms with Crippen LogP contribution in [-0.4, -0.2) is 19.9 Å². The summed E-state index contributed by atoms with van der Waals surface area (Å²) in [5, 5.41) is 0.485. The van der Waals surface area contributed by atoms with E-state index >= 15 is 0 Å². The van der Waals surface area contributed by atoms with Crippen molar-refractivity contribution in [3.63, 3.8) is 0 Å². The third-order valence-electron chi connectivity index (χ3n) is 1.76. The van der Waals surface area contributed by atoms with Gasteiger partial charge < -0.3 is 5.73 Å². The topological polar surface area (TPSA) is 77.6 Å². The zero-order valence-corrected chi connectivity index (χ0v) is 9.53. The average molecular weight is 273 g/mol. The van der Waals surface area contributed by atoms with E-state index in [-0.39, 0.29) is 5.03 Å². The molecule has 0 unspecified atom stereocenters. The van der Waals surface area contributed by atoms with Crippen molar-refractivity contribution >= 4 is 17.7 Å². The van der Waals surface area contributed by atoms with Gasteiger partial charge in [-0.1, -0.05) is 0 Å². The normalized spacial score (nSPS) is 11.5. The highest BCUT2D eigenvalue weighted by atomic mass is 32.2. The lowest BCUT2D eigenvalue weighted by atomic mass is 10.4. The van der Waals surface area contributed by atoms with Crippen LogP contribution in [-0.2, 0) is 6.18 Å². The number of anilines is 1. The standard InChI is InChI=1S/C9H6F3N5S/c10-9(11,12)5-3-6(17-8(13)16-5)18-7-4-14-1-2-15-7/h1-4H,(H2,13,16,17). The lowest BCUT2D eigenvalue weighted by Crippen LogP contribution is -2.11. The van der Waals surface area contributed by atoms with Crippen LogP contribution in [0.15, 0.2) is 34.7 Å². The molecule has 2 rings (SSSR count). The van der Waals surface area contributed by atoms with E-state index in [2.05, 4.69) is 19.9 Å². The molecule has 5 nitrogen and oxygen atoms in total. The van der Waals surface area contributed by atoms with Crippen LogP contribution in [0.1, 0.15) is 5.69 Å².